The van der Waals surface area contributed by atoms with Gasteiger partial charge in [0.05, 0.1) is 5.69 Å². The van der Waals surface area contributed by atoms with Gasteiger partial charge in [0.25, 0.3) is 5.91 Å². The highest BCUT2D eigenvalue weighted by molar-refractivity contribution is 6.31. The predicted molar refractivity (Wildman–Crippen MR) is 119 cm³/mol. The van der Waals surface area contributed by atoms with Gasteiger partial charge in [0.15, 0.2) is 0 Å². The Morgan fingerprint density at radius 1 is 0.967 bits per heavy atom. The first-order valence-corrected chi connectivity index (χ1v) is 9.64. The molecule has 0 aliphatic carbocycles. The molecule has 1 amide bonds. The van der Waals surface area contributed by atoms with Crippen LogP contribution in [0.1, 0.15) is 15.9 Å². The van der Waals surface area contributed by atoms with E-state index in [0.29, 0.717) is 22.1 Å². The summed E-state index contributed by atoms with van der Waals surface area (Å²) in [5.41, 5.74) is 4.51. The zero-order chi connectivity index (χ0) is 20.9. The van der Waals surface area contributed by atoms with Gasteiger partial charge < -0.3 is 10.6 Å². The van der Waals surface area contributed by atoms with Crippen molar-refractivity contribution in [3.05, 3.63) is 95.5 Å². The quantitative estimate of drug-likeness (QED) is 0.450. The number of rotatable bonds is 5. The minimum atomic E-state index is -0.225. The highest BCUT2D eigenvalue weighted by Crippen LogP contribution is 2.28. The molecule has 0 fully saturated rings. The van der Waals surface area contributed by atoms with Gasteiger partial charge in [-0.15, -0.1) is 0 Å². The van der Waals surface area contributed by atoms with E-state index in [1.807, 2.05) is 31.2 Å². The summed E-state index contributed by atoms with van der Waals surface area (Å²) in [6, 6.07) is 18.1. The molecule has 0 radical (unpaired) electrons. The Kier molecular flexibility index (Phi) is 5.68. The summed E-state index contributed by atoms with van der Waals surface area (Å²) in [6.07, 6.45) is 4.89. The highest BCUT2D eigenvalue weighted by Gasteiger charge is 2.12. The second-order valence-electron chi connectivity index (χ2n) is 6.61. The van der Waals surface area contributed by atoms with E-state index < -0.39 is 0 Å². The lowest BCUT2D eigenvalue weighted by molar-refractivity contribution is 0.102. The fraction of sp³-hybridized carbons (Fsp3) is 0.0435. The Morgan fingerprint density at radius 2 is 1.87 bits per heavy atom. The standard InChI is InChI=1S/C23H18ClN5O/c1-15-7-8-16(23(30)28-18-5-2-4-17(24)13-18)12-21(15)29-22-19(6-3-10-26-22)20-9-11-25-14-27-20/h2-14H,1H3,(H,26,29)(H,28,30). The number of anilines is 3. The van der Waals surface area contributed by atoms with Crippen molar-refractivity contribution in [1.29, 1.82) is 0 Å². The molecule has 2 heterocycles. The van der Waals surface area contributed by atoms with Crippen molar-refractivity contribution in [2.24, 2.45) is 0 Å². The van der Waals surface area contributed by atoms with Crippen molar-refractivity contribution in [3.8, 4) is 11.3 Å². The molecule has 30 heavy (non-hydrogen) atoms. The summed E-state index contributed by atoms with van der Waals surface area (Å²) < 4.78 is 0. The molecule has 2 aromatic carbocycles. The van der Waals surface area contributed by atoms with Crippen LogP contribution in [0.15, 0.2) is 79.4 Å². The maximum Gasteiger partial charge on any atom is 0.255 e. The van der Waals surface area contributed by atoms with Crippen molar-refractivity contribution in [1.82, 2.24) is 15.0 Å². The van der Waals surface area contributed by atoms with E-state index in [2.05, 4.69) is 25.6 Å². The van der Waals surface area contributed by atoms with E-state index in [1.165, 1.54) is 6.33 Å². The maximum atomic E-state index is 12.7. The van der Waals surface area contributed by atoms with Crippen LogP contribution in [0.2, 0.25) is 5.02 Å². The maximum absolute atomic E-state index is 12.7. The molecular formula is C23H18ClN5O. The number of aromatic nitrogens is 3. The molecular weight excluding hydrogens is 398 g/mol. The fourth-order valence-electron chi connectivity index (χ4n) is 2.96. The van der Waals surface area contributed by atoms with Gasteiger partial charge in [-0.25, -0.2) is 15.0 Å². The lowest BCUT2D eigenvalue weighted by Gasteiger charge is -2.14. The van der Waals surface area contributed by atoms with E-state index in [0.717, 1.165) is 22.5 Å². The molecule has 2 aromatic heterocycles. The van der Waals surface area contributed by atoms with Crippen LogP contribution >= 0.6 is 11.6 Å². The number of hydrogen-bond acceptors (Lipinski definition) is 5. The number of nitrogens with one attached hydrogen (secondary N) is 2. The molecule has 0 atom stereocenters. The zero-order valence-corrected chi connectivity index (χ0v) is 16.9. The van der Waals surface area contributed by atoms with Gasteiger partial charge in [0.2, 0.25) is 0 Å². The third-order valence-electron chi connectivity index (χ3n) is 4.50. The molecule has 4 aromatic rings. The molecule has 0 aliphatic heterocycles. The number of pyridine rings is 1. The Morgan fingerprint density at radius 3 is 2.67 bits per heavy atom. The van der Waals surface area contributed by atoms with Gasteiger partial charge in [-0.2, -0.15) is 0 Å². The molecule has 0 saturated heterocycles. The van der Waals surface area contributed by atoms with E-state index in [1.54, 1.807) is 48.8 Å². The molecule has 0 unspecified atom stereocenters. The normalized spacial score (nSPS) is 10.5. The van der Waals surface area contributed by atoms with Crippen LogP contribution in [-0.4, -0.2) is 20.9 Å². The van der Waals surface area contributed by atoms with Crippen molar-refractivity contribution < 1.29 is 4.79 Å². The monoisotopic (exact) mass is 415 g/mol. The lowest BCUT2D eigenvalue weighted by atomic mass is 10.1. The summed E-state index contributed by atoms with van der Waals surface area (Å²) in [5, 5.41) is 6.76. The molecule has 2 N–H and O–H groups in total. The van der Waals surface area contributed by atoms with Gasteiger partial charge in [0, 0.05) is 39.9 Å². The van der Waals surface area contributed by atoms with Crippen LogP contribution in [0.25, 0.3) is 11.3 Å². The first-order valence-electron chi connectivity index (χ1n) is 9.26. The van der Waals surface area contributed by atoms with Crippen LogP contribution in [-0.2, 0) is 0 Å². The van der Waals surface area contributed by atoms with E-state index in [4.69, 9.17) is 11.6 Å². The number of carbonyl (C=O) groups excluding carboxylic acids is 1. The number of aryl methyl sites for hydroxylation is 1. The van der Waals surface area contributed by atoms with Crippen LogP contribution < -0.4 is 10.6 Å². The van der Waals surface area contributed by atoms with Crippen molar-refractivity contribution in [2.75, 3.05) is 10.6 Å². The lowest BCUT2D eigenvalue weighted by Crippen LogP contribution is -2.12. The second-order valence-corrected chi connectivity index (χ2v) is 7.05. The van der Waals surface area contributed by atoms with Crippen LogP contribution in [0.5, 0.6) is 0 Å². The number of nitrogens with zero attached hydrogens (tertiary/aromatic N) is 3. The van der Waals surface area contributed by atoms with Crippen LogP contribution in [0.3, 0.4) is 0 Å². The minimum Gasteiger partial charge on any atom is -0.339 e. The van der Waals surface area contributed by atoms with Crippen molar-refractivity contribution in [3.63, 3.8) is 0 Å². The molecule has 4 rings (SSSR count). The third kappa shape index (κ3) is 4.45. The first-order chi connectivity index (χ1) is 14.6. The Bertz CT molecular complexity index is 1200. The van der Waals surface area contributed by atoms with Gasteiger partial charge in [-0.3, -0.25) is 4.79 Å². The molecule has 0 spiro atoms. The Balaban J connectivity index is 1.61. The summed E-state index contributed by atoms with van der Waals surface area (Å²) >= 11 is 6.00. The molecule has 148 valence electrons. The Hall–Kier alpha value is -3.77. The second kappa shape index (κ2) is 8.71. The van der Waals surface area contributed by atoms with Crippen LogP contribution in [0, 0.1) is 6.92 Å². The number of halogens is 1. The van der Waals surface area contributed by atoms with Gasteiger partial charge in [0.1, 0.15) is 12.1 Å². The summed E-state index contributed by atoms with van der Waals surface area (Å²) in [4.78, 5) is 25.4. The SMILES string of the molecule is Cc1ccc(C(=O)Nc2cccc(Cl)c2)cc1Nc1ncccc1-c1ccncn1. The predicted octanol–water partition coefficient (Wildman–Crippen LogP) is 5.50. The topological polar surface area (TPSA) is 79.8 Å². The largest absolute Gasteiger partial charge is 0.339 e. The average Bonchev–Trinajstić information content (AvgIpc) is 2.76. The molecule has 0 saturated carbocycles. The van der Waals surface area contributed by atoms with Crippen LogP contribution in [0.4, 0.5) is 17.2 Å². The molecule has 6 nitrogen and oxygen atoms in total. The van der Waals surface area contributed by atoms with E-state index in [9.17, 15) is 4.79 Å². The summed E-state index contributed by atoms with van der Waals surface area (Å²) in [5.74, 6) is 0.420. The van der Waals surface area contributed by atoms with Gasteiger partial charge in [-0.1, -0.05) is 23.7 Å². The van der Waals surface area contributed by atoms with Gasteiger partial charge >= 0.3 is 0 Å². The van der Waals surface area contributed by atoms with E-state index in [-0.39, 0.29) is 5.91 Å². The van der Waals surface area contributed by atoms with Crippen molar-refractivity contribution >= 4 is 34.7 Å². The number of hydrogen-bond donors (Lipinski definition) is 2. The third-order valence-corrected chi connectivity index (χ3v) is 4.74. The number of benzene rings is 2. The number of amides is 1. The first kappa shape index (κ1) is 19.5. The molecule has 0 bridgehead atoms. The fourth-order valence-corrected chi connectivity index (χ4v) is 3.15. The minimum absolute atomic E-state index is 0.225. The highest BCUT2D eigenvalue weighted by atomic mass is 35.5. The van der Waals surface area contributed by atoms with E-state index >= 15 is 0 Å². The average molecular weight is 416 g/mol. The summed E-state index contributed by atoms with van der Waals surface area (Å²) in [7, 11) is 0. The van der Waals surface area contributed by atoms with Gasteiger partial charge in [-0.05, 0) is 61.0 Å². The molecule has 0 aliphatic rings. The number of carbonyl (C=O) groups is 1. The summed E-state index contributed by atoms with van der Waals surface area (Å²) in [6.45, 7) is 1.97. The molecule has 7 heteroatoms. The van der Waals surface area contributed by atoms with Crippen molar-refractivity contribution in [2.45, 2.75) is 6.92 Å². The zero-order valence-electron chi connectivity index (χ0n) is 16.1. The Labute approximate surface area is 179 Å². The smallest absolute Gasteiger partial charge is 0.255 e.